The van der Waals surface area contributed by atoms with Gasteiger partial charge in [0.25, 0.3) is 5.91 Å². The molecule has 1 amide bonds. The zero-order valence-corrected chi connectivity index (χ0v) is 16.5. The smallest absolute Gasteiger partial charge is 0.271 e. The van der Waals surface area contributed by atoms with Gasteiger partial charge >= 0.3 is 0 Å². The number of aryl methyl sites for hydroxylation is 1. The molecule has 3 aromatic heterocycles. The van der Waals surface area contributed by atoms with Crippen molar-refractivity contribution in [2.45, 2.75) is 20.4 Å². The number of carbonyl (C=O) groups excluding carboxylic acids is 1. The summed E-state index contributed by atoms with van der Waals surface area (Å²) in [5.41, 5.74) is 4.15. The van der Waals surface area contributed by atoms with E-state index in [1.165, 1.54) is 11.3 Å². The Morgan fingerprint density at radius 1 is 1.18 bits per heavy atom. The standard InChI is InChI=1S/C21H20N4O2S/c1-3-27-17-9-7-15(8-10-17)21-24-18(13-28-21)20(26)22-11-16-12-25-14(2)5-4-6-19(25)23-16/h4-10,12-13H,3,11H2,1-2H3,(H,22,26). The fourth-order valence-electron chi connectivity index (χ4n) is 2.92. The Kier molecular flexibility index (Phi) is 5.08. The number of carbonyl (C=O) groups is 1. The quantitative estimate of drug-likeness (QED) is 0.536. The minimum Gasteiger partial charge on any atom is -0.494 e. The lowest BCUT2D eigenvalue weighted by Crippen LogP contribution is -2.23. The number of hydrogen-bond donors (Lipinski definition) is 1. The molecule has 0 unspecified atom stereocenters. The number of pyridine rings is 1. The van der Waals surface area contributed by atoms with Crippen molar-refractivity contribution in [2.24, 2.45) is 0 Å². The maximum Gasteiger partial charge on any atom is 0.271 e. The minimum absolute atomic E-state index is 0.206. The van der Waals surface area contributed by atoms with E-state index in [0.29, 0.717) is 18.8 Å². The summed E-state index contributed by atoms with van der Waals surface area (Å²) in [6.45, 7) is 4.96. The highest BCUT2D eigenvalue weighted by atomic mass is 32.1. The third-order valence-corrected chi connectivity index (χ3v) is 5.22. The second-order valence-electron chi connectivity index (χ2n) is 6.31. The fraction of sp³-hybridized carbons (Fsp3) is 0.190. The maximum absolute atomic E-state index is 12.5. The number of benzene rings is 1. The molecule has 0 atom stereocenters. The Balaban J connectivity index is 1.43. The van der Waals surface area contributed by atoms with Gasteiger partial charge in [-0.05, 0) is 50.2 Å². The number of imidazole rings is 1. The predicted molar refractivity (Wildman–Crippen MR) is 110 cm³/mol. The number of hydrogen-bond acceptors (Lipinski definition) is 5. The number of aromatic nitrogens is 3. The van der Waals surface area contributed by atoms with Gasteiger partial charge in [0, 0.05) is 22.8 Å². The number of rotatable bonds is 6. The molecule has 28 heavy (non-hydrogen) atoms. The van der Waals surface area contributed by atoms with Crippen LogP contribution >= 0.6 is 11.3 Å². The molecule has 0 saturated carbocycles. The second kappa shape index (κ2) is 7.82. The largest absolute Gasteiger partial charge is 0.494 e. The first-order valence-electron chi connectivity index (χ1n) is 9.04. The van der Waals surface area contributed by atoms with E-state index in [0.717, 1.165) is 33.4 Å². The van der Waals surface area contributed by atoms with E-state index in [1.807, 2.05) is 66.9 Å². The van der Waals surface area contributed by atoms with E-state index >= 15 is 0 Å². The monoisotopic (exact) mass is 392 g/mol. The van der Waals surface area contributed by atoms with Crippen molar-refractivity contribution in [3.8, 4) is 16.3 Å². The predicted octanol–water partition coefficient (Wildman–Crippen LogP) is 4.09. The Bertz CT molecular complexity index is 1120. The van der Waals surface area contributed by atoms with Crippen LogP contribution < -0.4 is 10.1 Å². The van der Waals surface area contributed by atoms with Gasteiger partial charge in [-0.2, -0.15) is 0 Å². The van der Waals surface area contributed by atoms with Gasteiger partial charge in [0.1, 0.15) is 22.1 Å². The molecule has 3 heterocycles. The third kappa shape index (κ3) is 3.75. The zero-order valence-electron chi connectivity index (χ0n) is 15.7. The number of ether oxygens (including phenoxy) is 1. The van der Waals surface area contributed by atoms with Gasteiger partial charge in [-0.25, -0.2) is 9.97 Å². The van der Waals surface area contributed by atoms with Crippen LogP contribution in [0.25, 0.3) is 16.2 Å². The second-order valence-corrected chi connectivity index (χ2v) is 7.16. The number of thiazole rings is 1. The van der Waals surface area contributed by atoms with Crippen molar-refractivity contribution in [1.29, 1.82) is 0 Å². The highest BCUT2D eigenvalue weighted by Gasteiger charge is 2.13. The van der Waals surface area contributed by atoms with Gasteiger partial charge in [0.2, 0.25) is 0 Å². The summed E-state index contributed by atoms with van der Waals surface area (Å²) < 4.78 is 7.46. The molecule has 0 aliphatic rings. The van der Waals surface area contributed by atoms with Gasteiger partial charge in [0.15, 0.2) is 0 Å². The molecule has 6 nitrogen and oxygen atoms in total. The van der Waals surface area contributed by atoms with Gasteiger partial charge in [-0.15, -0.1) is 11.3 Å². The lowest BCUT2D eigenvalue weighted by molar-refractivity contribution is 0.0946. The molecule has 0 aliphatic heterocycles. The Labute approximate surface area is 166 Å². The molecule has 4 aromatic rings. The number of nitrogens with one attached hydrogen (secondary N) is 1. The average molecular weight is 392 g/mol. The lowest BCUT2D eigenvalue weighted by Gasteiger charge is -2.03. The molecule has 0 fully saturated rings. The van der Waals surface area contributed by atoms with Crippen molar-refractivity contribution in [1.82, 2.24) is 19.7 Å². The first-order chi connectivity index (χ1) is 13.6. The van der Waals surface area contributed by atoms with Crippen LogP contribution in [0.4, 0.5) is 0 Å². The molecule has 0 spiro atoms. The van der Waals surface area contributed by atoms with E-state index < -0.39 is 0 Å². The van der Waals surface area contributed by atoms with Crippen LogP contribution in [0.15, 0.2) is 54.0 Å². The normalized spacial score (nSPS) is 10.9. The molecule has 7 heteroatoms. The SMILES string of the molecule is CCOc1ccc(-c2nc(C(=O)NCc3cn4c(C)cccc4n3)cs2)cc1. The minimum atomic E-state index is -0.206. The van der Waals surface area contributed by atoms with E-state index in [-0.39, 0.29) is 5.91 Å². The first-order valence-corrected chi connectivity index (χ1v) is 9.92. The van der Waals surface area contributed by atoms with E-state index in [4.69, 9.17) is 4.74 Å². The molecule has 0 saturated heterocycles. The first kappa shape index (κ1) is 18.2. The summed E-state index contributed by atoms with van der Waals surface area (Å²) in [6.07, 6.45) is 1.94. The van der Waals surface area contributed by atoms with Crippen LogP contribution in [0.3, 0.4) is 0 Å². The molecular weight excluding hydrogens is 372 g/mol. The van der Waals surface area contributed by atoms with Gasteiger partial charge in [0.05, 0.1) is 18.8 Å². The number of amides is 1. The van der Waals surface area contributed by atoms with E-state index in [9.17, 15) is 4.79 Å². The van der Waals surface area contributed by atoms with Crippen LogP contribution in [-0.2, 0) is 6.54 Å². The lowest BCUT2D eigenvalue weighted by atomic mass is 10.2. The van der Waals surface area contributed by atoms with Crippen molar-refractivity contribution in [3.05, 3.63) is 71.1 Å². The van der Waals surface area contributed by atoms with Crippen LogP contribution in [0, 0.1) is 6.92 Å². The van der Waals surface area contributed by atoms with E-state index in [1.54, 1.807) is 5.38 Å². The van der Waals surface area contributed by atoms with Gasteiger partial charge in [-0.1, -0.05) is 6.07 Å². The molecule has 0 radical (unpaired) electrons. The molecule has 1 aromatic carbocycles. The highest BCUT2D eigenvalue weighted by molar-refractivity contribution is 7.13. The molecule has 1 N–H and O–H groups in total. The fourth-order valence-corrected chi connectivity index (χ4v) is 3.72. The molecule has 4 rings (SSSR count). The summed E-state index contributed by atoms with van der Waals surface area (Å²) in [5, 5.41) is 5.47. The average Bonchev–Trinajstić information content (AvgIpc) is 3.35. The molecule has 0 bridgehead atoms. The topological polar surface area (TPSA) is 68.5 Å². The third-order valence-electron chi connectivity index (χ3n) is 4.32. The molecule has 0 aliphatic carbocycles. The molecule has 142 valence electrons. The van der Waals surface area contributed by atoms with Crippen LogP contribution in [0.1, 0.15) is 28.8 Å². The summed E-state index contributed by atoms with van der Waals surface area (Å²) in [6, 6.07) is 13.7. The van der Waals surface area contributed by atoms with Crippen LogP contribution in [0.2, 0.25) is 0 Å². The Morgan fingerprint density at radius 3 is 2.75 bits per heavy atom. The number of fused-ring (bicyclic) bond motifs is 1. The van der Waals surface area contributed by atoms with Crippen molar-refractivity contribution in [2.75, 3.05) is 6.61 Å². The van der Waals surface area contributed by atoms with Crippen molar-refractivity contribution < 1.29 is 9.53 Å². The summed E-state index contributed by atoms with van der Waals surface area (Å²) in [4.78, 5) is 21.5. The number of nitrogens with zero attached hydrogens (tertiary/aromatic N) is 3. The maximum atomic E-state index is 12.5. The summed E-state index contributed by atoms with van der Waals surface area (Å²) in [5.74, 6) is 0.616. The summed E-state index contributed by atoms with van der Waals surface area (Å²) in [7, 11) is 0. The Hall–Kier alpha value is -3.19. The summed E-state index contributed by atoms with van der Waals surface area (Å²) >= 11 is 1.45. The molecular formula is C21H20N4O2S. The van der Waals surface area contributed by atoms with Crippen LogP contribution in [0.5, 0.6) is 5.75 Å². The Morgan fingerprint density at radius 2 is 2.00 bits per heavy atom. The van der Waals surface area contributed by atoms with Crippen molar-refractivity contribution in [3.63, 3.8) is 0 Å². The van der Waals surface area contributed by atoms with E-state index in [2.05, 4.69) is 15.3 Å². The highest BCUT2D eigenvalue weighted by Crippen LogP contribution is 2.25. The van der Waals surface area contributed by atoms with Crippen molar-refractivity contribution >= 4 is 22.9 Å². The van der Waals surface area contributed by atoms with Gasteiger partial charge < -0.3 is 14.5 Å². The van der Waals surface area contributed by atoms with Gasteiger partial charge in [-0.3, -0.25) is 4.79 Å². The zero-order chi connectivity index (χ0) is 19.5. The van der Waals surface area contributed by atoms with Crippen LogP contribution in [-0.4, -0.2) is 26.9 Å².